The van der Waals surface area contributed by atoms with Gasteiger partial charge >= 0.3 is 5.97 Å². The van der Waals surface area contributed by atoms with Gasteiger partial charge in [0.15, 0.2) is 0 Å². The molecule has 1 amide bonds. The average molecular weight is 370 g/mol. The molecule has 0 unspecified atom stereocenters. The predicted molar refractivity (Wildman–Crippen MR) is 102 cm³/mol. The van der Waals surface area contributed by atoms with Gasteiger partial charge in [-0.05, 0) is 43.2 Å². The van der Waals surface area contributed by atoms with Crippen molar-refractivity contribution in [1.29, 1.82) is 0 Å². The molecule has 2 aromatic rings. The number of carbonyl (C=O) groups is 2. The van der Waals surface area contributed by atoms with Crippen LogP contribution < -0.4 is 4.74 Å². The molecule has 0 aliphatic heterocycles. The Balaban J connectivity index is 1.84. The fraction of sp³-hybridized carbons (Fsp3) is 0.381. The van der Waals surface area contributed by atoms with E-state index in [4.69, 9.17) is 9.47 Å². The number of benzene rings is 1. The van der Waals surface area contributed by atoms with Gasteiger partial charge in [-0.25, -0.2) is 0 Å². The van der Waals surface area contributed by atoms with Crippen LogP contribution in [-0.2, 0) is 20.9 Å². The van der Waals surface area contributed by atoms with Crippen LogP contribution in [0.25, 0.3) is 0 Å². The van der Waals surface area contributed by atoms with Gasteiger partial charge in [0, 0.05) is 31.9 Å². The van der Waals surface area contributed by atoms with E-state index in [0.717, 1.165) is 11.3 Å². The molecule has 1 heterocycles. The van der Waals surface area contributed by atoms with Gasteiger partial charge in [0.05, 0.1) is 19.6 Å². The van der Waals surface area contributed by atoms with E-state index in [-0.39, 0.29) is 18.3 Å². The summed E-state index contributed by atoms with van der Waals surface area (Å²) in [5.74, 6) is 0.492. The molecule has 6 nitrogen and oxygen atoms in total. The van der Waals surface area contributed by atoms with E-state index in [1.165, 1.54) is 0 Å². The zero-order chi connectivity index (χ0) is 19.3. The summed E-state index contributed by atoms with van der Waals surface area (Å²) in [6.45, 7) is 3.36. The third-order valence-electron chi connectivity index (χ3n) is 3.91. The van der Waals surface area contributed by atoms with Gasteiger partial charge in [0.2, 0.25) is 5.91 Å². The molecular weight excluding hydrogens is 344 g/mol. The molecule has 0 spiro atoms. The van der Waals surface area contributed by atoms with E-state index in [1.807, 2.05) is 42.5 Å². The van der Waals surface area contributed by atoms with Gasteiger partial charge in [-0.1, -0.05) is 18.2 Å². The lowest BCUT2D eigenvalue weighted by Gasteiger charge is -2.22. The second-order valence-electron chi connectivity index (χ2n) is 5.99. The highest BCUT2D eigenvalue weighted by atomic mass is 16.5. The van der Waals surface area contributed by atoms with Crippen molar-refractivity contribution in [1.82, 2.24) is 9.88 Å². The lowest BCUT2D eigenvalue weighted by atomic mass is 10.2. The summed E-state index contributed by atoms with van der Waals surface area (Å²) < 4.78 is 10.6. The lowest BCUT2D eigenvalue weighted by molar-refractivity contribution is -0.144. The number of aromatic nitrogens is 1. The van der Waals surface area contributed by atoms with Crippen molar-refractivity contribution < 1.29 is 19.1 Å². The van der Waals surface area contributed by atoms with Crippen molar-refractivity contribution in [3.05, 3.63) is 60.4 Å². The fourth-order valence-electron chi connectivity index (χ4n) is 2.55. The number of ether oxygens (including phenoxy) is 2. The van der Waals surface area contributed by atoms with Crippen LogP contribution in [-0.4, -0.2) is 41.5 Å². The first-order chi connectivity index (χ1) is 13.2. The smallest absolute Gasteiger partial charge is 0.307 e. The number of nitrogens with zero attached hydrogens (tertiary/aromatic N) is 2. The third kappa shape index (κ3) is 7.90. The number of carbonyl (C=O) groups excluding carboxylic acids is 2. The van der Waals surface area contributed by atoms with Gasteiger partial charge in [-0.15, -0.1) is 0 Å². The maximum Gasteiger partial charge on any atom is 0.307 e. The standard InChI is InChI=1S/C21H26N2O4/c1-2-26-21(25)12-15-23(17-18-10-13-22-14-11-18)20(24)9-6-16-27-19-7-4-3-5-8-19/h3-5,7-8,10-11,13-14H,2,6,9,12,15-17H2,1H3. The first-order valence-corrected chi connectivity index (χ1v) is 9.19. The molecule has 0 aliphatic carbocycles. The molecule has 0 atom stereocenters. The van der Waals surface area contributed by atoms with E-state index >= 15 is 0 Å². The van der Waals surface area contributed by atoms with Crippen molar-refractivity contribution >= 4 is 11.9 Å². The molecule has 144 valence electrons. The normalized spacial score (nSPS) is 10.3. The first kappa shape index (κ1) is 20.4. The Kier molecular flexibility index (Phi) is 8.83. The second kappa shape index (κ2) is 11.7. The highest BCUT2D eigenvalue weighted by Gasteiger charge is 2.16. The molecule has 27 heavy (non-hydrogen) atoms. The maximum atomic E-state index is 12.6. The van der Waals surface area contributed by atoms with Crippen LogP contribution >= 0.6 is 0 Å². The van der Waals surface area contributed by atoms with E-state index in [0.29, 0.717) is 39.1 Å². The summed E-state index contributed by atoms with van der Waals surface area (Å²) in [5.41, 5.74) is 0.975. The predicted octanol–water partition coefficient (Wildman–Crippen LogP) is 3.22. The number of pyridine rings is 1. The van der Waals surface area contributed by atoms with Gasteiger partial charge in [-0.3, -0.25) is 14.6 Å². The summed E-state index contributed by atoms with van der Waals surface area (Å²) in [6.07, 6.45) is 4.54. The quantitative estimate of drug-likeness (QED) is 0.449. The molecule has 0 aliphatic rings. The van der Waals surface area contributed by atoms with Crippen molar-refractivity contribution in [3.8, 4) is 5.75 Å². The molecular formula is C21H26N2O4. The van der Waals surface area contributed by atoms with Gasteiger partial charge < -0.3 is 14.4 Å². The molecule has 2 rings (SSSR count). The van der Waals surface area contributed by atoms with Crippen LogP contribution in [0.4, 0.5) is 0 Å². The van der Waals surface area contributed by atoms with Gasteiger partial charge in [0.1, 0.15) is 5.75 Å². The molecule has 0 N–H and O–H groups in total. The largest absolute Gasteiger partial charge is 0.494 e. The summed E-state index contributed by atoms with van der Waals surface area (Å²) in [6, 6.07) is 13.2. The van der Waals surface area contributed by atoms with E-state index in [1.54, 1.807) is 24.2 Å². The molecule has 0 radical (unpaired) electrons. The van der Waals surface area contributed by atoms with E-state index < -0.39 is 0 Å². The molecule has 1 aromatic heterocycles. The maximum absolute atomic E-state index is 12.6. The number of hydrogen-bond acceptors (Lipinski definition) is 5. The van der Waals surface area contributed by atoms with Crippen molar-refractivity contribution in [3.63, 3.8) is 0 Å². The Labute approximate surface area is 160 Å². The molecule has 1 aromatic carbocycles. The second-order valence-corrected chi connectivity index (χ2v) is 5.99. The summed E-state index contributed by atoms with van der Waals surface area (Å²) in [4.78, 5) is 30.0. The third-order valence-corrected chi connectivity index (χ3v) is 3.91. The Bertz CT molecular complexity index is 692. The number of rotatable bonds is 11. The lowest BCUT2D eigenvalue weighted by Crippen LogP contribution is -2.33. The Morgan fingerprint density at radius 1 is 1.04 bits per heavy atom. The Hall–Kier alpha value is -2.89. The summed E-state index contributed by atoms with van der Waals surface area (Å²) >= 11 is 0. The van der Waals surface area contributed by atoms with Crippen molar-refractivity contribution in [2.24, 2.45) is 0 Å². The van der Waals surface area contributed by atoms with Crippen LogP contribution in [0.15, 0.2) is 54.9 Å². The zero-order valence-corrected chi connectivity index (χ0v) is 15.7. The number of hydrogen-bond donors (Lipinski definition) is 0. The zero-order valence-electron chi connectivity index (χ0n) is 15.7. The molecule has 0 fully saturated rings. The van der Waals surface area contributed by atoms with Crippen LogP contribution in [0.5, 0.6) is 5.75 Å². The molecule has 0 saturated heterocycles. The van der Waals surface area contributed by atoms with Crippen molar-refractivity contribution in [2.75, 3.05) is 19.8 Å². The fourth-order valence-corrected chi connectivity index (χ4v) is 2.55. The minimum absolute atomic E-state index is 0.00669. The molecule has 6 heteroatoms. The number of esters is 1. The first-order valence-electron chi connectivity index (χ1n) is 9.19. The average Bonchev–Trinajstić information content (AvgIpc) is 2.70. The Morgan fingerprint density at radius 2 is 1.78 bits per heavy atom. The van der Waals surface area contributed by atoms with Gasteiger partial charge in [0.25, 0.3) is 0 Å². The van der Waals surface area contributed by atoms with Crippen LogP contribution in [0, 0.1) is 0 Å². The number of para-hydroxylation sites is 1. The van der Waals surface area contributed by atoms with E-state index in [9.17, 15) is 9.59 Å². The summed E-state index contributed by atoms with van der Waals surface area (Å²) in [7, 11) is 0. The molecule has 0 bridgehead atoms. The summed E-state index contributed by atoms with van der Waals surface area (Å²) in [5, 5.41) is 0. The highest BCUT2D eigenvalue weighted by molar-refractivity contribution is 5.77. The number of amides is 1. The van der Waals surface area contributed by atoms with Crippen LogP contribution in [0.1, 0.15) is 31.7 Å². The van der Waals surface area contributed by atoms with Crippen LogP contribution in [0.3, 0.4) is 0 Å². The minimum Gasteiger partial charge on any atom is -0.494 e. The Morgan fingerprint density at radius 3 is 2.48 bits per heavy atom. The van der Waals surface area contributed by atoms with E-state index in [2.05, 4.69) is 4.98 Å². The SMILES string of the molecule is CCOC(=O)CCN(Cc1ccncc1)C(=O)CCCOc1ccccc1. The minimum atomic E-state index is -0.294. The highest BCUT2D eigenvalue weighted by Crippen LogP contribution is 2.11. The topological polar surface area (TPSA) is 68.7 Å². The monoisotopic (exact) mass is 370 g/mol. The van der Waals surface area contributed by atoms with Crippen molar-refractivity contribution in [2.45, 2.75) is 32.7 Å². The van der Waals surface area contributed by atoms with Crippen LogP contribution in [0.2, 0.25) is 0 Å². The van der Waals surface area contributed by atoms with Gasteiger partial charge in [-0.2, -0.15) is 0 Å². The molecule has 0 saturated carbocycles.